The van der Waals surface area contributed by atoms with Gasteiger partial charge in [-0.25, -0.2) is 4.98 Å². The second-order valence-electron chi connectivity index (χ2n) is 3.94. The van der Waals surface area contributed by atoms with Crippen molar-refractivity contribution >= 4 is 17.4 Å². The van der Waals surface area contributed by atoms with Gasteiger partial charge in [0, 0.05) is 13.1 Å². The minimum Gasteiger partial charge on any atom is -0.370 e. The van der Waals surface area contributed by atoms with E-state index in [1.807, 2.05) is 6.92 Å². The highest BCUT2D eigenvalue weighted by atomic mass is 35.5. The van der Waals surface area contributed by atoms with Gasteiger partial charge in [0.1, 0.15) is 5.82 Å². The normalized spacial score (nSPS) is 11.9. The van der Waals surface area contributed by atoms with Gasteiger partial charge < -0.3 is 5.32 Å². The molecule has 102 valence electrons. The van der Waals surface area contributed by atoms with Crippen LogP contribution in [0.3, 0.4) is 0 Å². The monoisotopic (exact) mass is 281 g/mol. The van der Waals surface area contributed by atoms with E-state index in [1.165, 1.54) is 7.05 Å². The van der Waals surface area contributed by atoms with Crippen LogP contribution < -0.4 is 5.32 Å². The lowest BCUT2D eigenvalue weighted by atomic mass is 10.3. The second kappa shape index (κ2) is 6.24. The molecule has 1 rings (SSSR count). The third-order valence-corrected chi connectivity index (χ3v) is 2.49. The summed E-state index contributed by atoms with van der Waals surface area (Å²) in [5.74, 6) is 0.609. The summed E-state index contributed by atoms with van der Waals surface area (Å²) in [5.41, 5.74) is 0.432. The molecule has 0 spiro atoms. The molecule has 1 N–H and O–H groups in total. The van der Waals surface area contributed by atoms with E-state index in [4.69, 9.17) is 11.6 Å². The fraction of sp³-hybridized carbons (Fsp3) is 0.545. The zero-order valence-corrected chi connectivity index (χ0v) is 10.9. The first-order valence-corrected chi connectivity index (χ1v) is 5.84. The highest BCUT2D eigenvalue weighted by Gasteiger charge is 2.29. The van der Waals surface area contributed by atoms with Crippen LogP contribution in [0.25, 0.3) is 0 Å². The highest BCUT2D eigenvalue weighted by Crippen LogP contribution is 2.20. The van der Waals surface area contributed by atoms with Gasteiger partial charge in [0.05, 0.1) is 17.3 Å². The smallest absolute Gasteiger partial charge is 0.370 e. The third-order valence-electron chi connectivity index (χ3n) is 2.15. The first-order valence-electron chi connectivity index (χ1n) is 5.46. The van der Waals surface area contributed by atoms with Gasteiger partial charge in [0.2, 0.25) is 0 Å². The lowest BCUT2D eigenvalue weighted by Crippen LogP contribution is -2.31. The van der Waals surface area contributed by atoms with Crippen molar-refractivity contribution in [2.24, 2.45) is 0 Å². The Morgan fingerprint density at radius 1 is 1.39 bits per heavy atom. The van der Waals surface area contributed by atoms with Crippen LogP contribution in [0.2, 0.25) is 5.02 Å². The molecule has 3 nitrogen and oxygen atoms in total. The Morgan fingerprint density at radius 3 is 2.61 bits per heavy atom. The molecule has 0 aliphatic rings. The molecular formula is C11H15ClF3N3. The van der Waals surface area contributed by atoms with E-state index in [0.29, 0.717) is 23.1 Å². The van der Waals surface area contributed by atoms with Gasteiger partial charge in [-0.15, -0.1) is 0 Å². The lowest BCUT2D eigenvalue weighted by molar-refractivity contribution is -0.144. The van der Waals surface area contributed by atoms with Crippen molar-refractivity contribution in [1.29, 1.82) is 0 Å². The molecular weight excluding hydrogens is 267 g/mol. The molecule has 0 unspecified atom stereocenters. The minimum absolute atomic E-state index is 0.0532. The van der Waals surface area contributed by atoms with Gasteiger partial charge in [-0.1, -0.05) is 11.6 Å². The van der Waals surface area contributed by atoms with E-state index in [1.54, 1.807) is 12.1 Å². The first-order chi connectivity index (χ1) is 8.31. The van der Waals surface area contributed by atoms with E-state index in [-0.39, 0.29) is 6.54 Å². The van der Waals surface area contributed by atoms with Gasteiger partial charge >= 0.3 is 6.18 Å². The molecule has 0 saturated carbocycles. The van der Waals surface area contributed by atoms with Gasteiger partial charge in [0.25, 0.3) is 0 Å². The fourth-order valence-corrected chi connectivity index (χ4v) is 1.66. The first kappa shape index (κ1) is 15.0. The summed E-state index contributed by atoms with van der Waals surface area (Å²) < 4.78 is 36.6. The number of nitrogens with one attached hydrogen (secondary N) is 1. The molecule has 0 aromatic carbocycles. The third kappa shape index (κ3) is 5.10. The standard InChI is InChI=1S/C11H15ClF3N3/c1-3-16-10-5-4-8(12)9(17-10)6-18(2)7-11(13,14)15/h4-5H,3,6-7H2,1-2H3,(H,16,17). The van der Waals surface area contributed by atoms with Crippen molar-refractivity contribution in [2.45, 2.75) is 19.6 Å². The van der Waals surface area contributed by atoms with Crippen molar-refractivity contribution in [3.05, 3.63) is 22.8 Å². The highest BCUT2D eigenvalue weighted by molar-refractivity contribution is 6.31. The lowest BCUT2D eigenvalue weighted by Gasteiger charge is -2.19. The Morgan fingerprint density at radius 2 is 2.06 bits per heavy atom. The SMILES string of the molecule is CCNc1ccc(Cl)c(CN(C)CC(F)(F)F)n1. The number of rotatable bonds is 5. The number of hydrogen-bond acceptors (Lipinski definition) is 3. The van der Waals surface area contributed by atoms with Crippen molar-refractivity contribution in [2.75, 3.05) is 25.5 Å². The summed E-state index contributed by atoms with van der Waals surface area (Å²) in [6, 6.07) is 3.32. The maximum Gasteiger partial charge on any atom is 0.401 e. The molecule has 0 radical (unpaired) electrons. The molecule has 0 aliphatic heterocycles. The second-order valence-corrected chi connectivity index (χ2v) is 4.35. The maximum atomic E-state index is 12.2. The van der Waals surface area contributed by atoms with Crippen LogP contribution in [0.5, 0.6) is 0 Å². The van der Waals surface area contributed by atoms with Gasteiger partial charge in [0.15, 0.2) is 0 Å². The molecule has 1 aromatic heterocycles. The molecule has 0 fully saturated rings. The quantitative estimate of drug-likeness (QED) is 0.899. The summed E-state index contributed by atoms with van der Waals surface area (Å²) >= 11 is 5.91. The van der Waals surface area contributed by atoms with Crippen molar-refractivity contribution in [3.8, 4) is 0 Å². The number of aromatic nitrogens is 1. The molecule has 0 bridgehead atoms. The molecule has 1 aromatic rings. The van der Waals surface area contributed by atoms with Crippen molar-refractivity contribution in [3.63, 3.8) is 0 Å². The number of halogens is 4. The number of anilines is 1. The predicted molar refractivity (Wildman–Crippen MR) is 65.8 cm³/mol. The summed E-state index contributed by atoms with van der Waals surface area (Å²) in [4.78, 5) is 5.31. The number of alkyl halides is 3. The topological polar surface area (TPSA) is 28.2 Å². The van der Waals surface area contributed by atoms with Crippen LogP contribution in [0.15, 0.2) is 12.1 Å². The molecule has 0 atom stereocenters. The zero-order chi connectivity index (χ0) is 13.8. The molecule has 0 amide bonds. The van der Waals surface area contributed by atoms with Crippen molar-refractivity contribution in [1.82, 2.24) is 9.88 Å². The summed E-state index contributed by atoms with van der Waals surface area (Å²) in [5, 5.41) is 3.35. The van der Waals surface area contributed by atoms with Crippen LogP contribution >= 0.6 is 11.6 Å². The maximum absolute atomic E-state index is 12.2. The molecule has 18 heavy (non-hydrogen) atoms. The van der Waals surface area contributed by atoms with Gasteiger partial charge in [-0.3, -0.25) is 4.90 Å². The number of pyridine rings is 1. The fourth-order valence-electron chi connectivity index (χ4n) is 1.49. The van der Waals surface area contributed by atoms with Crippen LogP contribution in [0.4, 0.5) is 19.0 Å². The summed E-state index contributed by atoms with van der Waals surface area (Å²) in [7, 11) is 1.38. The van der Waals surface area contributed by atoms with Crippen molar-refractivity contribution < 1.29 is 13.2 Å². The Kier molecular flexibility index (Phi) is 5.22. The Bertz CT molecular complexity index is 396. The van der Waals surface area contributed by atoms with E-state index in [0.717, 1.165) is 4.90 Å². The average molecular weight is 282 g/mol. The van der Waals surface area contributed by atoms with Gasteiger partial charge in [-0.2, -0.15) is 13.2 Å². The molecule has 0 saturated heterocycles. The van der Waals surface area contributed by atoms with Gasteiger partial charge in [-0.05, 0) is 26.1 Å². The summed E-state index contributed by atoms with van der Waals surface area (Å²) in [6.45, 7) is 1.66. The Hall–Kier alpha value is -1.01. The van der Waals surface area contributed by atoms with E-state index in [9.17, 15) is 13.2 Å². The minimum atomic E-state index is -4.22. The predicted octanol–water partition coefficient (Wildman–Crippen LogP) is 3.16. The Labute approximate surface area is 109 Å². The number of nitrogens with zero attached hydrogens (tertiary/aromatic N) is 2. The van der Waals surface area contributed by atoms with Crippen LogP contribution in [0, 0.1) is 0 Å². The largest absolute Gasteiger partial charge is 0.401 e. The van der Waals surface area contributed by atoms with Crippen LogP contribution in [-0.2, 0) is 6.54 Å². The molecule has 1 heterocycles. The number of hydrogen-bond donors (Lipinski definition) is 1. The van der Waals surface area contributed by atoms with Crippen LogP contribution in [-0.4, -0.2) is 36.2 Å². The molecule has 0 aliphatic carbocycles. The molecule has 7 heteroatoms. The van der Waals surface area contributed by atoms with E-state index in [2.05, 4.69) is 10.3 Å². The average Bonchev–Trinajstić information content (AvgIpc) is 2.20. The zero-order valence-electron chi connectivity index (χ0n) is 10.2. The summed E-state index contributed by atoms with van der Waals surface area (Å²) in [6.07, 6.45) is -4.22. The Balaban J connectivity index is 2.73. The van der Waals surface area contributed by atoms with Crippen LogP contribution in [0.1, 0.15) is 12.6 Å². The van der Waals surface area contributed by atoms with E-state index >= 15 is 0 Å². The van der Waals surface area contributed by atoms with E-state index < -0.39 is 12.7 Å².